The molecule has 0 amide bonds. The van der Waals surface area contributed by atoms with Gasteiger partial charge in [-0.2, -0.15) is 0 Å². The molecule has 0 spiro atoms. The van der Waals surface area contributed by atoms with Gasteiger partial charge in [-0.05, 0) is 69.8 Å². The van der Waals surface area contributed by atoms with Gasteiger partial charge in [0.2, 0.25) is 11.8 Å². The lowest BCUT2D eigenvalue weighted by atomic mass is 10.0. The van der Waals surface area contributed by atoms with E-state index in [1.165, 1.54) is 11.1 Å². The minimum atomic E-state index is -0.173. The molecule has 3 rings (SSSR count). The second kappa shape index (κ2) is 7.03. The first-order valence-electron chi connectivity index (χ1n) is 8.75. The molecule has 0 bridgehead atoms. The van der Waals surface area contributed by atoms with Crippen molar-refractivity contribution >= 4 is 0 Å². The van der Waals surface area contributed by atoms with Gasteiger partial charge in [-0.15, -0.1) is 10.2 Å². The average Bonchev–Trinajstić information content (AvgIpc) is 3.19. The zero-order chi connectivity index (χ0) is 17.3. The molecule has 3 atom stereocenters. The molecule has 130 valence electrons. The quantitative estimate of drug-likeness (QED) is 0.909. The van der Waals surface area contributed by atoms with Crippen LogP contribution in [0.15, 0.2) is 22.6 Å². The van der Waals surface area contributed by atoms with Crippen molar-refractivity contribution in [2.45, 2.75) is 52.2 Å². The van der Waals surface area contributed by atoms with Crippen LogP contribution in [0, 0.1) is 19.8 Å². The Kier molecular flexibility index (Phi) is 5.01. The Bertz CT molecular complexity index is 698. The molecule has 0 saturated heterocycles. The van der Waals surface area contributed by atoms with Gasteiger partial charge in [0.1, 0.15) is 0 Å². The van der Waals surface area contributed by atoms with Crippen molar-refractivity contribution in [1.82, 2.24) is 15.1 Å². The predicted molar refractivity (Wildman–Crippen MR) is 93.6 cm³/mol. The number of aryl methyl sites for hydroxylation is 2. The Hall–Kier alpha value is -1.72. The summed E-state index contributed by atoms with van der Waals surface area (Å²) >= 11 is 0. The third-order valence-electron chi connectivity index (χ3n) is 5.35. The maximum atomic E-state index is 10.0. The molecular weight excluding hydrogens is 302 g/mol. The van der Waals surface area contributed by atoms with E-state index >= 15 is 0 Å². The number of benzene rings is 1. The van der Waals surface area contributed by atoms with E-state index in [2.05, 4.69) is 55.0 Å². The van der Waals surface area contributed by atoms with Crippen LogP contribution in [0.5, 0.6) is 0 Å². The van der Waals surface area contributed by atoms with Gasteiger partial charge in [0, 0.05) is 12.1 Å². The molecular formula is C19H27N3O2. The highest BCUT2D eigenvalue weighted by molar-refractivity contribution is 5.55. The van der Waals surface area contributed by atoms with Crippen LogP contribution in [0.2, 0.25) is 0 Å². The zero-order valence-corrected chi connectivity index (χ0v) is 15.0. The third kappa shape index (κ3) is 3.52. The highest BCUT2D eigenvalue weighted by atomic mass is 16.4. The first kappa shape index (κ1) is 17.1. The van der Waals surface area contributed by atoms with Gasteiger partial charge in [0.05, 0.1) is 12.1 Å². The van der Waals surface area contributed by atoms with E-state index in [1.54, 1.807) is 0 Å². The van der Waals surface area contributed by atoms with Crippen LogP contribution in [0.4, 0.5) is 0 Å². The molecule has 1 fully saturated rings. The number of nitrogens with zero attached hydrogens (tertiary/aromatic N) is 3. The molecule has 24 heavy (non-hydrogen) atoms. The van der Waals surface area contributed by atoms with Gasteiger partial charge in [0.15, 0.2) is 0 Å². The molecule has 2 aromatic rings. The molecule has 1 saturated carbocycles. The van der Waals surface area contributed by atoms with Crippen molar-refractivity contribution in [3.8, 4) is 11.5 Å². The summed E-state index contributed by atoms with van der Waals surface area (Å²) in [6, 6.07) is 6.20. The topological polar surface area (TPSA) is 62.4 Å². The Morgan fingerprint density at radius 1 is 1.25 bits per heavy atom. The van der Waals surface area contributed by atoms with Crippen LogP contribution in [0.25, 0.3) is 11.5 Å². The fourth-order valence-corrected chi connectivity index (χ4v) is 3.34. The van der Waals surface area contributed by atoms with Crippen molar-refractivity contribution in [3.63, 3.8) is 0 Å². The summed E-state index contributed by atoms with van der Waals surface area (Å²) in [5.74, 6) is 1.53. The second-order valence-corrected chi connectivity index (χ2v) is 7.12. The van der Waals surface area contributed by atoms with Crippen LogP contribution in [0.3, 0.4) is 0 Å². The molecule has 1 aliphatic rings. The number of hydrogen-bond acceptors (Lipinski definition) is 5. The fourth-order valence-electron chi connectivity index (χ4n) is 3.34. The summed E-state index contributed by atoms with van der Waals surface area (Å²) in [5.41, 5.74) is 3.42. The summed E-state index contributed by atoms with van der Waals surface area (Å²) in [5, 5.41) is 18.5. The predicted octanol–water partition coefficient (Wildman–Crippen LogP) is 3.51. The average molecular weight is 329 g/mol. The lowest BCUT2D eigenvalue weighted by Crippen LogP contribution is -2.32. The maximum absolute atomic E-state index is 10.0. The van der Waals surface area contributed by atoms with Crippen molar-refractivity contribution < 1.29 is 9.52 Å². The number of aliphatic hydroxyl groups excluding tert-OH is 1. The van der Waals surface area contributed by atoms with Gasteiger partial charge < -0.3 is 9.52 Å². The molecule has 1 aliphatic carbocycles. The van der Waals surface area contributed by atoms with E-state index in [-0.39, 0.29) is 12.1 Å². The van der Waals surface area contributed by atoms with Gasteiger partial charge in [-0.3, -0.25) is 4.90 Å². The Morgan fingerprint density at radius 2 is 2.04 bits per heavy atom. The summed E-state index contributed by atoms with van der Waals surface area (Å²) in [6.07, 6.45) is 2.96. The molecule has 1 aromatic heterocycles. The Morgan fingerprint density at radius 3 is 2.71 bits per heavy atom. The summed E-state index contributed by atoms with van der Waals surface area (Å²) in [4.78, 5) is 2.19. The lowest BCUT2D eigenvalue weighted by Gasteiger charge is -2.26. The van der Waals surface area contributed by atoms with Crippen molar-refractivity contribution in [2.75, 3.05) is 13.6 Å². The highest BCUT2D eigenvalue weighted by Gasteiger charge is 2.29. The molecule has 1 N–H and O–H groups in total. The van der Waals surface area contributed by atoms with E-state index in [0.717, 1.165) is 31.4 Å². The number of hydrogen-bond donors (Lipinski definition) is 1. The van der Waals surface area contributed by atoms with Gasteiger partial charge >= 0.3 is 0 Å². The molecule has 5 nitrogen and oxygen atoms in total. The SMILES string of the molecule is Cc1ccc(-c2nnc(C(C)N(C)CC3CCCC3O)o2)cc1C. The van der Waals surface area contributed by atoms with Gasteiger partial charge in [-0.25, -0.2) is 0 Å². The molecule has 0 radical (unpaired) electrons. The minimum Gasteiger partial charge on any atom is -0.419 e. The monoisotopic (exact) mass is 329 g/mol. The van der Waals surface area contributed by atoms with Crippen molar-refractivity contribution in [3.05, 3.63) is 35.2 Å². The van der Waals surface area contributed by atoms with Crippen molar-refractivity contribution in [2.24, 2.45) is 5.92 Å². The summed E-state index contributed by atoms with van der Waals surface area (Å²) < 4.78 is 5.91. The van der Waals surface area contributed by atoms with E-state index in [4.69, 9.17) is 4.42 Å². The van der Waals surface area contributed by atoms with E-state index < -0.39 is 0 Å². The van der Waals surface area contributed by atoms with Crippen LogP contribution in [-0.4, -0.2) is 39.9 Å². The number of aliphatic hydroxyl groups is 1. The van der Waals surface area contributed by atoms with Crippen LogP contribution in [-0.2, 0) is 0 Å². The van der Waals surface area contributed by atoms with E-state index in [9.17, 15) is 5.11 Å². The second-order valence-electron chi connectivity index (χ2n) is 7.12. The lowest BCUT2D eigenvalue weighted by molar-refractivity contribution is 0.0945. The van der Waals surface area contributed by atoms with Crippen LogP contribution >= 0.6 is 0 Å². The zero-order valence-electron chi connectivity index (χ0n) is 15.0. The Labute approximate surface area is 143 Å². The molecule has 1 heterocycles. The van der Waals surface area contributed by atoms with Gasteiger partial charge in [-0.1, -0.05) is 12.5 Å². The first-order valence-corrected chi connectivity index (χ1v) is 8.75. The molecule has 3 unspecified atom stereocenters. The molecule has 5 heteroatoms. The smallest absolute Gasteiger partial charge is 0.247 e. The van der Waals surface area contributed by atoms with Gasteiger partial charge in [0.25, 0.3) is 0 Å². The maximum Gasteiger partial charge on any atom is 0.247 e. The van der Waals surface area contributed by atoms with E-state index in [1.807, 2.05) is 6.07 Å². The third-order valence-corrected chi connectivity index (χ3v) is 5.35. The van der Waals surface area contributed by atoms with Crippen LogP contribution in [0.1, 0.15) is 49.2 Å². The highest BCUT2D eigenvalue weighted by Crippen LogP contribution is 2.29. The first-order chi connectivity index (χ1) is 11.5. The number of aromatic nitrogens is 2. The molecule has 0 aliphatic heterocycles. The largest absolute Gasteiger partial charge is 0.419 e. The fraction of sp³-hybridized carbons (Fsp3) is 0.579. The summed E-state index contributed by atoms with van der Waals surface area (Å²) in [6.45, 7) is 7.09. The molecule has 1 aromatic carbocycles. The van der Waals surface area contributed by atoms with E-state index in [0.29, 0.717) is 17.7 Å². The normalized spacial score (nSPS) is 22.2. The standard InChI is InChI=1S/C19H27N3O2/c1-12-8-9-15(10-13(12)2)19-21-20-18(24-19)14(3)22(4)11-16-6-5-7-17(16)23/h8-10,14,16-17,23H,5-7,11H2,1-4H3. The Balaban J connectivity index is 1.70. The van der Waals surface area contributed by atoms with Crippen LogP contribution < -0.4 is 0 Å². The number of rotatable bonds is 5. The minimum absolute atomic E-state index is 0.0330. The van der Waals surface area contributed by atoms with Crippen molar-refractivity contribution in [1.29, 1.82) is 0 Å². The summed E-state index contributed by atoms with van der Waals surface area (Å²) in [7, 11) is 2.05.